The van der Waals surface area contributed by atoms with Crippen molar-refractivity contribution in [3.63, 3.8) is 0 Å². The van der Waals surface area contributed by atoms with Gasteiger partial charge in [0.15, 0.2) is 5.13 Å². The minimum atomic E-state index is -0.530. The Balaban J connectivity index is 2.14. The molecule has 2 heterocycles. The van der Waals surface area contributed by atoms with Crippen molar-refractivity contribution in [2.45, 2.75) is 6.54 Å². The van der Waals surface area contributed by atoms with Crippen molar-refractivity contribution in [2.75, 3.05) is 5.73 Å². The Kier molecular flexibility index (Phi) is 2.34. The Hall–Kier alpha value is -1.96. The number of hydrogen-bond acceptors (Lipinski definition) is 6. The van der Waals surface area contributed by atoms with Crippen LogP contribution in [0.4, 0.5) is 10.9 Å². The molecule has 78 valence electrons. The molecule has 2 aromatic heterocycles. The van der Waals surface area contributed by atoms with E-state index in [0.29, 0.717) is 11.7 Å². The normalized spacial score (nSPS) is 10.4. The van der Waals surface area contributed by atoms with E-state index in [2.05, 4.69) is 10.1 Å². The maximum atomic E-state index is 10.4. The molecule has 15 heavy (non-hydrogen) atoms. The fraction of sp³-hybridized carbons (Fsp3) is 0.143. The fourth-order valence-electron chi connectivity index (χ4n) is 1.09. The van der Waals surface area contributed by atoms with Gasteiger partial charge >= 0.3 is 5.82 Å². The molecule has 7 nitrogen and oxygen atoms in total. The summed E-state index contributed by atoms with van der Waals surface area (Å²) < 4.78 is 1.48. The van der Waals surface area contributed by atoms with Crippen molar-refractivity contribution < 1.29 is 4.92 Å². The van der Waals surface area contributed by atoms with Crippen molar-refractivity contribution in [1.29, 1.82) is 0 Å². The summed E-state index contributed by atoms with van der Waals surface area (Å²) in [5.41, 5.74) is 5.46. The number of thiazole rings is 1. The highest BCUT2D eigenvalue weighted by Crippen LogP contribution is 2.16. The van der Waals surface area contributed by atoms with Crippen LogP contribution in [0.3, 0.4) is 0 Å². The van der Waals surface area contributed by atoms with Crippen LogP contribution in [0.5, 0.6) is 0 Å². The van der Waals surface area contributed by atoms with Crippen LogP contribution in [-0.2, 0) is 6.54 Å². The largest absolute Gasteiger partial charge is 0.389 e. The molecule has 2 rings (SSSR count). The van der Waals surface area contributed by atoms with Gasteiger partial charge in [0.2, 0.25) is 0 Å². The van der Waals surface area contributed by atoms with Gasteiger partial charge in [0.05, 0.1) is 28.8 Å². The maximum Gasteiger partial charge on any atom is 0.389 e. The smallest absolute Gasteiger partial charge is 0.375 e. The van der Waals surface area contributed by atoms with Gasteiger partial charge in [0.25, 0.3) is 0 Å². The molecule has 8 heteroatoms. The number of nitrogens with two attached hydrogens (primary N) is 1. The number of aromatic nitrogens is 3. The van der Waals surface area contributed by atoms with Gasteiger partial charge in [-0.3, -0.25) is 0 Å². The highest BCUT2D eigenvalue weighted by Gasteiger charge is 2.11. The van der Waals surface area contributed by atoms with Crippen LogP contribution in [-0.4, -0.2) is 19.7 Å². The monoisotopic (exact) mass is 225 g/mol. The summed E-state index contributed by atoms with van der Waals surface area (Å²) in [6.07, 6.45) is 3.18. The number of anilines is 1. The van der Waals surface area contributed by atoms with Crippen molar-refractivity contribution in [3.8, 4) is 0 Å². The average molecular weight is 225 g/mol. The van der Waals surface area contributed by atoms with E-state index in [4.69, 9.17) is 5.73 Å². The Morgan fingerprint density at radius 3 is 3.00 bits per heavy atom. The lowest BCUT2D eigenvalue weighted by Gasteiger charge is -1.90. The summed E-state index contributed by atoms with van der Waals surface area (Å²) in [4.78, 5) is 14.6. The minimum Gasteiger partial charge on any atom is -0.375 e. The van der Waals surface area contributed by atoms with Crippen LogP contribution < -0.4 is 5.73 Å². The molecule has 0 atom stereocenters. The number of hydrogen-bond donors (Lipinski definition) is 1. The first kappa shape index (κ1) is 9.59. The second-order valence-electron chi connectivity index (χ2n) is 2.79. The van der Waals surface area contributed by atoms with E-state index < -0.39 is 4.92 Å². The Morgan fingerprint density at radius 1 is 1.67 bits per heavy atom. The summed E-state index contributed by atoms with van der Waals surface area (Å²) >= 11 is 1.34. The molecule has 0 aliphatic heterocycles. The Morgan fingerprint density at radius 2 is 2.47 bits per heavy atom. The summed E-state index contributed by atoms with van der Waals surface area (Å²) in [6.45, 7) is 0.447. The number of nitrogens with zero attached hydrogens (tertiary/aromatic N) is 4. The van der Waals surface area contributed by atoms with E-state index >= 15 is 0 Å². The quantitative estimate of drug-likeness (QED) is 0.617. The summed E-state index contributed by atoms with van der Waals surface area (Å²) in [5, 5.41) is 14.6. The molecule has 2 N–H and O–H groups in total. The van der Waals surface area contributed by atoms with Gasteiger partial charge in [-0.1, -0.05) is 0 Å². The summed E-state index contributed by atoms with van der Waals surface area (Å²) in [6, 6.07) is 1.35. The molecule has 0 bridgehead atoms. The zero-order valence-corrected chi connectivity index (χ0v) is 8.35. The highest BCUT2D eigenvalue weighted by molar-refractivity contribution is 7.15. The van der Waals surface area contributed by atoms with Crippen LogP contribution in [0.1, 0.15) is 4.88 Å². The lowest BCUT2D eigenvalue weighted by molar-refractivity contribution is -0.389. The molecular formula is C7H7N5O2S. The van der Waals surface area contributed by atoms with Gasteiger partial charge in [-0.05, 0) is 4.92 Å². The molecule has 0 radical (unpaired) electrons. The van der Waals surface area contributed by atoms with E-state index in [0.717, 1.165) is 4.88 Å². The van der Waals surface area contributed by atoms with Crippen molar-refractivity contribution >= 4 is 22.3 Å². The van der Waals surface area contributed by atoms with E-state index in [1.807, 2.05) is 0 Å². The molecule has 0 fully saturated rings. The average Bonchev–Trinajstić information content (AvgIpc) is 2.76. The molecule has 0 aliphatic carbocycles. The van der Waals surface area contributed by atoms with Gasteiger partial charge in [-0.15, -0.1) is 11.3 Å². The zero-order chi connectivity index (χ0) is 10.8. The van der Waals surface area contributed by atoms with Gasteiger partial charge in [0, 0.05) is 6.20 Å². The maximum absolute atomic E-state index is 10.4. The molecule has 0 amide bonds. The predicted molar refractivity (Wildman–Crippen MR) is 54.5 cm³/mol. The number of nitro groups is 1. The third kappa shape index (κ3) is 2.10. The topological polar surface area (TPSA) is 99.9 Å². The van der Waals surface area contributed by atoms with E-state index in [9.17, 15) is 10.1 Å². The van der Waals surface area contributed by atoms with Gasteiger partial charge < -0.3 is 15.8 Å². The third-order valence-corrected chi connectivity index (χ3v) is 2.51. The Bertz CT molecular complexity index is 491. The summed E-state index contributed by atoms with van der Waals surface area (Å²) in [7, 11) is 0. The molecule has 0 spiro atoms. The number of nitrogen functional groups attached to an aromatic ring is 1. The van der Waals surface area contributed by atoms with Crippen LogP contribution in [0.25, 0.3) is 0 Å². The first-order valence-corrected chi connectivity index (χ1v) is 4.85. The molecular weight excluding hydrogens is 218 g/mol. The first-order valence-electron chi connectivity index (χ1n) is 4.03. The molecule has 2 aromatic rings. The lowest BCUT2D eigenvalue weighted by Crippen LogP contribution is -1.99. The second kappa shape index (κ2) is 3.65. The molecule has 0 aromatic carbocycles. The van der Waals surface area contributed by atoms with Crippen LogP contribution >= 0.6 is 11.3 Å². The molecule has 0 unspecified atom stereocenters. The highest BCUT2D eigenvalue weighted by atomic mass is 32.1. The molecule has 0 aliphatic rings. The van der Waals surface area contributed by atoms with Crippen molar-refractivity contribution in [2.24, 2.45) is 0 Å². The van der Waals surface area contributed by atoms with Gasteiger partial charge in [-0.2, -0.15) is 4.68 Å². The van der Waals surface area contributed by atoms with Crippen molar-refractivity contribution in [3.05, 3.63) is 33.5 Å². The van der Waals surface area contributed by atoms with Gasteiger partial charge in [0.1, 0.15) is 0 Å². The lowest BCUT2D eigenvalue weighted by atomic mass is 10.5. The van der Waals surface area contributed by atoms with Gasteiger partial charge in [-0.25, -0.2) is 4.98 Å². The van der Waals surface area contributed by atoms with Crippen molar-refractivity contribution in [1.82, 2.24) is 14.8 Å². The third-order valence-electron chi connectivity index (χ3n) is 1.70. The standard InChI is InChI=1S/C7H7N5O2S/c8-7-9-3-5(15-7)4-11-2-1-6(10-11)12(13)14/h1-3H,4H2,(H2,8,9). The second-order valence-corrected chi connectivity index (χ2v) is 3.94. The van der Waals surface area contributed by atoms with Crippen LogP contribution in [0, 0.1) is 10.1 Å². The van der Waals surface area contributed by atoms with Crippen LogP contribution in [0.2, 0.25) is 0 Å². The van der Waals surface area contributed by atoms with Crippen LogP contribution in [0.15, 0.2) is 18.5 Å². The Labute approximate surface area is 88.3 Å². The zero-order valence-electron chi connectivity index (χ0n) is 7.53. The fourth-order valence-corrected chi connectivity index (χ4v) is 1.77. The minimum absolute atomic E-state index is 0.160. The molecule has 0 saturated heterocycles. The predicted octanol–water partition coefficient (Wildman–Crippen LogP) is 0.878. The van der Waals surface area contributed by atoms with E-state index in [1.165, 1.54) is 22.1 Å². The van der Waals surface area contributed by atoms with E-state index in [-0.39, 0.29) is 5.82 Å². The first-order chi connectivity index (χ1) is 7.15. The summed E-state index contributed by atoms with van der Waals surface area (Å²) in [5.74, 6) is -0.160. The number of rotatable bonds is 3. The SMILES string of the molecule is Nc1ncc(Cn2ccc([N+](=O)[O-])n2)s1. The van der Waals surface area contributed by atoms with E-state index in [1.54, 1.807) is 12.4 Å². The molecule has 0 saturated carbocycles.